The molecule has 1 N–H and O–H groups in total. The average Bonchev–Trinajstić information content (AvgIpc) is 3.21. The first-order chi connectivity index (χ1) is 14.6. The van der Waals surface area contributed by atoms with E-state index in [0.717, 1.165) is 54.4 Å². The van der Waals surface area contributed by atoms with Crippen LogP contribution in [-0.2, 0) is 17.8 Å². The predicted octanol–water partition coefficient (Wildman–Crippen LogP) is 4.23. The maximum absolute atomic E-state index is 12.5. The van der Waals surface area contributed by atoms with Crippen LogP contribution in [0.1, 0.15) is 24.1 Å². The summed E-state index contributed by atoms with van der Waals surface area (Å²) in [6, 6.07) is 5.95. The van der Waals surface area contributed by atoms with Crippen LogP contribution in [0, 0.1) is 0 Å². The van der Waals surface area contributed by atoms with Crippen LogP contribution < -0.4 is 5.32 Å². The summed E-state index contributed by atoms with van der Waals surface area (Å²) >= 11 is 13.6. The highest BCUT2D eigenvalue weighted by molar-refractivity contribution is 7.13. The lowest BCUT2D eigenvalue weighted by molar-refractivity contribution is -0.121. The molecular weight excluding hydrogens is 441 g/mol. The van der Waals surface area contributed by atoms with Gasteiger partial charge in [-0.2, -0.15) is 0 Å². The number of likely N-dealkylation sites (tertiary alicyclic amines) is 1. The lowest BCUT2D eigenvalue weighted by Crippen LogP contribution is -2.44. The van der Waals surface area contributed by atoms with Gasteiger partial charge < -0.3 is 5.32 Å². The number of benzene rings is 1. The Morgan fingerprint density at radius 2 is 2.03 bits per heavy atom. The Morgan fingerprint density at radius 3 is 2.77 bits per heavy atom. The normalized spacial score (nSPS) is 15.3. The van der Waals surface area contributed by atoms with Crippen LogP contribution in [0.15, 0.2) is 42.2 Å². The molecule has 1 saturated heterocycles. The van der Waals surface area contributed by atoms with Crippen molar-refractivity contribution in [1.82, 2.24) is 25.2 Å². The molecule has 3 aromatic rings. The third-order valence-electron chi connectivity index (χ3n) is 5.02. The molecule has 1 aliphatic rings. The summed E-state index contributed by atoms with van der Waals surface area (Å²) in [7, 11) is 0. The average molecular weight is 462 g/mol. The molecule has 0 unspecified atom stereocenters. The van der Waals surface area contributed by atoms with Crippen molar-refractivity contribution in [3.05, 3.63) is 63.5 Å². The van der Waals surface area contributed by atoms with E-state index in [1.54, 1.807) is 18.6 Å². The third-order valence-corrected chi connectivity index (χ3v) is 6.67. The number of hydrogen-bond acceptors (Lipinski definition) is 6. The molecular formula is C21H21Cl2N5OS. The highest BCUT2D eigenvalue weighted by Gasteiger charge is 2.21. The van der Waals surface area contributed by atoms with Crippen molar-refractivity contribution in [1.29, 1.82) is 0 Å². The molecule has 9 heteroatoms. The van der Waals surface area contributed by atoms with Gasteiger partial charge >= 0.3 is 0 Å². The second-order valence-electron chi connectivity index (χ2n) is 7.28. The Morgan fingerprint density at radius 1 is 1.20 bits per heavy atom. The van der Waals surface area contributed by atoms with Crippen LogP contribution in [0.5, 0.6) is 0 Å². The molecule has 0 aliphatic carbocycles. The predicted molar refractivity (Wildman–Crippen MR) is 120 cm³/mol. The largest absolute Gasteiger partial charge is 0.353 e. The van der Waals surface area contributed by atoms with Crippen molar-refractivity contribution in [3.8, 4) is 10.7 Å². The minimum atomic E-state index is 0.00827. The number of halogens is 2. The number of rotatable bonds is 6. The second kappa shape index (κ2) is 9.83. The number of aromatic nitrogens is 3. The minimum Gasteiger partial charge on any atom is -0.353 e. The summed E-state index contributed by atoms with van der Waals surface area (Å²) in [5, 5.41) is 6.99. The molecule has 0 saturated carbocycles. The number of nitrogens with zero attached hydrogens (tertiary/aromatic N) is 4. The molecule has 1 aromatic carbocycles. The SMILES string of the molecule is O=C(Cc1csc(-c2cnccn2)n1)NC1CCN(Cc2ccc(Cl)c(Cl)c2)CC1. The van der Waals surface area contributed by atoms with E-state index in [9.17, 15) is 4.79 Å². The van der Waals surface area contributed by atoms with E-state index in [1.165, 1.54) is 11.3 Å². The van der Waals surface area contributed by atoms with Gasteiger partial charge in [0.05, 0.1) is 28.4 Å². The number of piperidine rings is 1. The van der Waals surface area contributed by atoms with E-state index in [1.807, 2.05) is 23.6 Å². The number of amides is 1. The Bertz CT molecular complexity index is 1010. The van der Waals surface area contributed by atoms with Crippen LogP contribution in [0.2, 0.25) is 10.0 Å². The Balaban J connectivity index is 1.23. The van der Waals surface area contributed by atoms with Gasteiger partial charge in [0, 0.05) is 43.4 Å². The van der Waals surface area contributed by atoms with E-state index < -0.39 is 0 Å². The van der Waals surface area contributed by atoms with E-state index in [2.05, 4.69) is 25.2 Å². The van der Waals surface area contributed by atoms with Gasteiger partial charge in [-0.25, -0.2) is 4.98 Å². The van der Waals surface area contributed by atoms with Crippen LogP contribution in [0.25, 0.3) is 10.7 Å². The summed E-state index contributed by atoms with van der Waals surface area (Å²) in [6.07, 6.45) is 7.07. The fraction of sp³-hybridized carbons (Fsp3) is 0.333. The topological polar surface area (TPSA) is 71.0 Å². The zero-order chi connectivity index (χ0) is 20.9. The molecule has 4 rings (SSSR count). The van der Waals surface area contributed by atoms with Crippen molar-refractivity contribution in [2.45, 2.75) is 31.8 Å². The first-order valence-corrected chi connectivity index (χ1v) is 11.4. The van der Waals surface area contributed by atoms with Crippen molar-refractivity contribution in [3.63, 3.8) is 0 Å². The number of hydrogen-bond donors (Lipinski definition) is 1. The van der Waals surface area contributed by atoms with Gasteiger partial charge in [0.25, 0.3) is 0 Å². The summed E-state index contributed by atoms with van der Waals surface area (Å²) in [5.41, 5.74) is 2.63. The van der Waals surface area contributed by atoms with E-state index in [4.69, 9.17) is 23.2 Å². The second-order valence-corrected chi connectivity index (χ2v) is 8.95. The van der Waals surface area contributed by atoms with Crippen molar-refractivity contribution < 1.29 is 4.79 Å². The lowest BCUT2D eigenvalue weighted by atomic mass is 10.0. The van der Waals surface area contributed by atoms with Crippen LogP contribution in [0.4, 0.5) is 0 Å². The number of carbonyl (C=O) groups excluding carboxylic acids is 1. The van der Waals surface area contributed by atoms with Crippen LogP contribution in [-0.4, -0.2) is 44.9 Å². The fourth-order valence-electron chi connectivity index (χ4n) is 3.49. The highest BCUT2D eigenvalue weighted by Crippen LogP contribution is 2.24. The molecule has 1 fully saturated rings. The van der Waals surface area contributed by atoms with Gasteiger partial charge in [-0.05, 0) is 30.5 Å². The van der Waals surface area contributed by atoms with Crippen LogP contribution >= 0.6 is 34.5 Å². The maximum atomic E-state index is 12.5. The Hall–Kier alpha value is -2.06. The van der Waals surface area contributed by atoms with Crippen molar-refractivity contribution in [2.75, 3.05) is 13.1 Å². The summed E-state index contributed by atoms with van der Waals surface area (Å²) in [6.45, 7) is 2.69. The van der Waals surface area contributed by atoms with Gasteiger partial charge in [-0.3, -0.25) is 19.7 Å². The Kier molecular flexibility index (Phi) is 6.94. The van der Waals surface area contributed by atoms with Gasteiger partial charge in [0.15, 0.2) is 0 Å². The first-order valence-electron chi connectivity index (χ1n) is 9.73. The molecule has 0 atom stereocenters. The third kappa shape index (κ3) is 5.55. The summed E-state index contributed by atoms with van der Waals surface area (Å²) in [4.78, 5) is 27.6. The molecule has 156 valence electrons. The van der Waals surface area contributed by atoms with E-state index in [-0.39, 0.29) is 18.4 Å². The molecule has 1 aliphatic heterocycles. The monoisotopic (exact) mass is 461 g/mol. The van der Waals surface area contributed by atoms with Gasteiger partial charge in [-0.15, -0.1) is 11.3 Å². The first kappa shape index (κ1) is 21.2. The van der Waals surface area contributed by atoms with Gasteiger partial charge in [0.1, 0.15) is 10.7 Å². The van der Waals surface area contributed by atoms with Gasteiger partial charge in [0.2, 0.25) is 5.91 Å². The fourth-order valence-corrected chi connectivity index (χ4v) is 4.59. The van der Waals surface area contributed by atoms with Gasteiger partial charge in [-0.1, -0.05) is 29.3 Å². The molecule has 0 bridgehead atoms. The number of carbonyl (C=O) groups is 1. The standard InChI is InChI=1S/C21H21Cl2N5OS/c22-17-2-1-14(9-18(17)23)12-28-7-3-15(4-8-28)26-20(29)10-16-13-30-21(27-16)19-11-24-5-6-25-19/h1-2,5-6,9,11,13,15H,3-4,7-8,10,12H2,(H,26,29). The molecule has 30 heavy (non-hydrogen) atoms. The number of nitrogens with one attached hydrogen (secondary N) is 1. The molecule has 2 aromatic heterocycles. The maximum Gasteiger partial charge on any atom is 0.226 e. The number of thiazole rings is 1. The van der Waals surface area contributed by atoms with E-state index >= 15 is 0 Å². The minimum absolute atomic E-state index is 0.00827. The quantitative estimate of drug-likeness (QED) is 0.594. The highest BCUT2D eigenvalue weighted by atomic mass is 35.5. The van der Waals surface area contributed by atoms with Crippen LogP contribution in [0.3, 0.4) is 0 Å². The van der Waals surface area contributed by atoms with Crippen molar-refractivity contribution >= 4 is 40.4 Å². The molecule has 0 radical (unpaired) electrons. The van der Waals surface area contributed by atoms with Crippen molar-refractivity contribution in [2.24, 2.45) is 0 Å². The summed E-state index contributed by atoms with van der Waals surface area (Å²) in [5.74, 6) is 0.00827. The summed E-state index contributed by atoms with van der Waals surface area (Å²) < 4.78 is 0. The smallest absolute Gasteiger partial charge is 0.226 e. The zero-order valence-corrected chi connectivity index (χ0v) is 18.6. The lowest BCUT2D eigenvalue weighted by Gasteiger charge is -2.32. The molecule has 3 heterocycles. The molecule has 6 nitrogen and oxygen atoms in total. The zero-order valence-electron chi connectivity index (χ0n) is 16.2. The van der Waals surface area contributed by atoms with E-state index in [0.29, 0.717) is 10.0 Å². The molecule has 1 amide bonds. The molecule has 0 spiro atoms. The Labute approximate surface area is 189 Å².